The van der Waals surface area contributed by atoms with Crippen molar-refractivity contribution in [3.05, 3.63) is 70.0 Å². The summed E-state index contributed by atoms with van der Waals surface area (Å²) in [6.07, 6.45) is 0.154. The highest BCUT2D eigenvalue weighted by Gasteiger charge is 2.72. The normalized spacial score (nSPS) is 28.7. The summed E-state index contributed by atoms with van der Waals surface area (Å²) in [6.45, 7) is 8.14. The molecule has 0 saturated heterocycles. The number of primary amides is 1. The van der Waals surface area contributed by atoms with E-state index in [-0.39, 0.29) is 29.7 Å². The second-order valence-electron chi connectivity index (χ2n) is 13.1. The number of benzene rings is 2. The lowest BCUT2D eigenvalue weighted by molar-refractivity contribution is -0.175. The zero-order valence-electron chi connectivity index (χ0n) is 25.3. The highest BCUT2D eigenvalue weighted by atomic mass is 16.3. The van der Waals surface area contributed by atoms with Crippen LogP contribution in [0.3, 0.4) is 0 Å². The smallest absolute Gasteiger partial charge is 0.255 e. The second-order valence-corrected chi connectivity index (χ2v) is 13.1. The molecule has 3 aliphatic rings. The van der Waals surface area contributed by atoms with Gasteiger partial charge in [-0.2, -0.15) is 0 Å². The Kier molecular flexibility index (Phi) is 7.11. The van der Waals surface area contributed by atoms with Crippen molar-refractivity contribution in [1.82, 2.24) is 10.2 Å². The Morgan fingerprint density at radius 1 is 1.07 bits per heavy atom. The summed E-state index contributed by atoms with van der Waals surface area (Å²) in [5.74, 6) is -5.00. The first kappa shape index (κ1) is 30.5. The van der Waals surface area contributed by atoms with Crippen LogP contribution < -0.4 is 11.1 Å². The first-order valence-corrected chi connectivity index (χ1v) is 14.3. The molecule has 0 heterocycles. The van der Waals surface area contributed by atoms with Gasteiger partial charge in [0.2, 0.25) is 5.78 Å². The molecule has 1 amide bonds. The van der Waals surface area contributed by atoms with E-state index in [1.807, 2.05) is 24.3 Å². The number of hydrogen-bond acceptors (Lipinski definition) is 9. The molecule has 2 aromatic rings. The van der Waals surface area contributed by atoms with Gasteiger partial charge in [0.25, 0.3) is 5.91 Å². The number of aliphatic hydroxyl groups excluding tert-OH is 2. The number of amides is 1. The molecule has 1 fully saturated rings. The van der Waals surface area contributed by atoms with Crippen molar-refractivity contribution >= 4 is 23.2 Å². The number of likely N-dealkylation sites (N-methyl/N-ethyl adjacent to an activating group) is 1. The number of phenols is 1. The Hall–Kier alpha value is -3.99. The number of nitrogens with zero attached hydrogens (tertiary/aromatic N) is 1. The minimum Gasteiger partial charge on any atom is -0.508 e. The van der Waals surface area contributed by atoms with Gasteiger partial charge < -0.3 is 31.5 Å². The molecule has 0 bridgehead atoms. The van der Waals surface area contributed by atoms with Gasteiger partial charge in [-0.25, -0.2) is 0 Å². The van der Waals surface area contributed by atoms with Crippen LogP contribution in [-0.4, -0.2) is 74.6 Å². The van der Waals surface area contributed by atoms with Crippen molar-refractivity contribution in [2.24, 2.45) is 16.6 Å². The number of nitrogens with two attached hydrogens (primary N) is 1. The van der Waals surface area contributed by atoms with Crippen LogP contribution >= 0.6 is 0 Å². The number of Topliss-reactive ketones (excluding diaryl/α,β-unsaturated/α-hetero) is 2. The number of carbonyl (C=O) groups is 3. The summed E-state index contributed by atoms with van der Waals surface area (Å²) < 4.78 is 0. The minimum absolute atomic E-state index is 0.0271. The summed E-state index contributed by atoms with van der Waals surface area (Å²) in [6, 6.07) is 10.3. The lowest BCUT2D eigenvalue weighted by Gasteiger charge is -2.59. The lowest BCUT2D eigenvalue weighted by Crippen LogP contribution is -2.72. The van der Waals surface area contributed by atoms with Crippen molar-refractivity contribution < 1.29 is 34.8 Å². The number of aliphatic hydroxyl groups is 3. The quantitative estimate of drug-likeness (QED) is 0.277. The van der Waals surface area contributed by atoms with Crippen LogP contribution in [0.25, 0.3) is 16.9 Å². The summed E-state index contributed by atoms with van der Waals surface area (Å²) in [4.78, 5) is 41.7. The monoisotopic (exact) mass is 589 g/mol. The summed E-state index contributed by atoms with van der Waals surface area (Å²) in [7, 11) is 3.16. The van der Waals surface area contributed by atoms with Gasteiger partial charge >= 0.3 is 0 Å². The molecule has 3 aliphatic carbocycles. The molecule has 228 valence electrons. The molecule has 0 radical (unpaired) electrons. The molecule has 0 unspecified atom stereocenters. The summed E-state index contributed by atoms with van der Waals surface area (Å²) in [5, 5.41) is 49.3. The third kappa shape index (κ3) is 4.22. The number of aromatic hydroxyl groups is 1. The maximum Gasteiger partial charge on any atom is 0.255 e. The van der Waals surface area contributed by atoms with E-state index in [4.69, 9.17) is 5.73 Å². The van der Waals surface area contributed by atoms with E-state index in [1.165, 1.54) is 17.9 Å². The largest absolute Gasteiger partial charge is 0.508 e. The molecule has 5 rings (SSSR count). The Morgan fingerprint density at radius 2 is 1.70 bits per heavy atom. The van der Waals surface area contributed by atoms with Crippen LogP contribution in [0.2, 0.25) is 0 Å². The average Bonchev–Trinajstić information content (AvgIpc) is 2.89. The topological polar surface area (TPSA) is 173 Å². The molecule has 43 heavy (non-hydrogen) atoms. The van der Waals surface area contributed by atoms with Gasteiger partial charge in [0.15, 0.2) is 11.4 Å². The van der Waals surface area contributed by atoms with E-state index >= 15 is 0 Å². The van der Waals surface area contributed by atoms with Gasteiger partial charge in [0.05, 0.1) is 11.6 Å². The van der Waals surface area contributed by atoms with Gasteiger partial charge in [-0.1, -0.05) is 58.0 Å². The number of ketones is 2. The number of hydrogen-bond donors (Lipinski definition) is 6. The molecule has 0 aliphatic heterocycles. The van der Waals surface area contributed by atoms with Crippen molar-refractivity contribution in [1.29, 1.82) is 0 Å². The van der Waals surface area contributed by atoms with Gasteiger partial charge in [-0.3, -0.25) is 19.3 Å². The van der Waals surface area contributed by atoms with Crippen LogP contribution in [0.4, 0.5) is 0 Å². The van der Waals surface area contributed by atoms with Crippen LogP contribution in [0.15, 0.2) is 53.3 Å². The van der Waals surface area contributed by atoms with Crippen molar-refractivity contribution in [3.8, 4) is 16.9 Å². The van der Waals surface area contributed by atoms with Crippen LogP contribution in [0.1, 0.15) is 50.8 Å². The van der Waals surface area contributed by atoms with Gasteiger partial charge in [-0.15, -0.1) is 0 Å². The number of carbonyl (C=O) groups excluding carboxylic acids is 3. The fourth-order valence-corrected chi connectivity index (χ4v) is 7.72. The Bertz CT molecular complexity index is 1620. The number of nitrogens with one attached hydrogen (secondary N) is 1. The van der Waals surface area contributed by atoms with Gasteiger partial charge in [0.1, 0.15) is 22.8 Å². The molecule has 10 nitrogen and oxygen atoms in total. The fraction of sp³-hybridized carbons (Fsp3) is 0.424. The molecule has 7 N–H and O–H groups in total. The van der Waals surface area contributed by atoms with Crippen LogP contribution in [-0.2, 0) is 27.3 Å². The van der Waals surface area contributed by atoms with E-state index in [2.05, 4.69) is 19.2 Å². The summed E-state index contributed by atoms with van der Waals surface area (Å²) in [5.41, 5.74) is 2.28. The number of phenolic OH excluding ortho intramolecular Hbond substituents is 1. The third-order valence-corrected chi connectivity index (χ3v) is 9.49. The van der Waals surface area contributed by atoms with Gasteiger partial charge in [-0.05, 0) is 55.3 Å². The molecule has 0 spiro atoms. The first-order valence-electron chi connectivity index (χ1n) is 14.3. The SMILES string of the molecule is CC(C)NCc1ccc(-c2ccc(O)c3c2C[C@@]2(C)C[C@@]4(C)[C@H](N(C)C)C(=O)C(C(N)=O)=C(O)[C@@]4(O)C(=O)C2=C3O)cc1. The highest BCUT2D eigenvalue weighted by molar-refractivity contribution is 6.25. The minimum atomic E-state index is -2.74. The number of fused-ring (bicyclic) bond motifs is 3. The fourth-order valence-electron chi connectivity index (χ4n) is 7.72. The zero-order valence-corrected chi connectivity index (χ0v) is 25.3. The van der Waals surface area contributed by atoms with Crippen LogP contribution in [0, 0.1) is 10.8 Å². The maximum absolute atomic E-state index is 14.4. The standard InChI is InChI=1S/C33H39N3O7/c1-16(2)35-14-17-7-9-18(10-8-17)19-11-12-21(37)22-20(19)13-31(3)15-32(4)27(36(5)6)26(39)23(30(34)42)28(40)33(32,43)29(41)24(31)25(22)38/h7-12,16,27,35,37-38,40,43H,13-15H2,1-6H3,(H2,34,42)/t27-,31+,32+,33-/m1/s1. The first-order chi connectivity index (χ1) is 20.0. The van der Waals surface area contributed by atoms with E-state index in [0.29, 0.717) is 18.2 Å². The predicted molar refractivity (Wildman–Crippen MR) is 161 cm³/mol. The molecule has 4 atom stereocenters. The molecular weight excluding hydrogens is 550 g/mol. The van der Waals surface area contributed by atoms with Gasteiger partial charge in [0, 0.05) is 29.0 Å². The van der Waals surface area contributed by atoms with Crippen molar-refractivity contribution in [2.75, 3.05) is 14.1 Å². The predicted octanol–water partition coefficient (Wildman–Crippen LogP) is 2.91. The maximum atomic E-state index is 14.4. The molecule has 2 aromatic carbocycles. The van der Waals surface area contributed by atoms with Crippen LogP contribution in [0.5, 0.6) is 5.75 Å². The Labute approximate surface area is 250 Å². The van der Waals surface area contributed by atoms with E-state index < -0.39 is 57.0 Å². The van der Waals surface area contributed by atoms with E-state index in [9.17, 15) is 34.8 Å². The molecule has 0 aromatic heterocycles. The van der Waals surface area contributed by atoms with Crippen molar-refractivity contribution in [3.63, 3.8) is 0 Å². The van der Waals surface area contributed by atoms with E-state index in [1.54, 1.807) is 27.1 Å². The van der Waals surface area contributed by atoms with E-state index in [0.717, 1.165) is 16.7 Å². The molecule has 10 heteroatoms. The average molecular weight is 590 g/mol. The Morgan fingerprint density at radius 3 is 2.26 bits per heavy atom. The molecular formula is C33H39N3O7. The van der Waals surface area contributed by atoms with Crippen molar-refractivity contribution in [2.45, 2.75) is 64.8 Å². The third-order valence-electron chi connectivity index (χ3n) is 9.49. The summed E-state index contributed by atoms with van der Waals surface area (Å²) >= 11 is 0. The number of rotatable bonds is 6. The molecule has 1 saturated carbocycles. The Balaban J connectivity index is 1.72. The highest BCUT2D eigenvalue weighted by Crippen LogP contribution is 2.63. The zero-order chi connectivity index (χ0) is 31.8. The lowest BCUT2D eigenvalue weighted by atomic mass is 9.46. The second kappa shape index (κ2) is 10.0.